The summed E-state index contributed by atoms with van der Waals surface area (Å²) in [5.74, 6) is -0.996. The molecule has 0 spiro atoms. The topological polar surface area (TPSA) is 63.7 Å². The number of halogens is 2. The molecule has 0 radical (unpaired) electrons. The summed E-state index contributed by atoms with van der Waals surface area (Å²) in [4.78, 5) is 37.1. The van der Waals surface area contributed by atoms with Gasteiger partial charge in [0.05, 0.1) is 21.6 Å². The minimum atomic E-state index is -0.618. The zero-order valence-corrected chi connectivity index (χ0v) is 15.4. The molecule has 2 amide bonds. The van der Waals surface area contributed by atoms with Crippen LogP contribution in [-0.4, -0.2) is 35.2 Å². The van der Waals surface area contributed by atoms with Crippen LogP contribution >= 0.6 is 35.0 Å². The van der Waals surface area contributed by atoms with Gasteiger partial charge in [-0.25, -0.2) is 0 Å². The van der Waals surface area contributed by atoms with Crippen molar-refractivity contribution in [3.63, 3.8) is 0 Å². The molecule has 0 bridgehead atoms. The first-order chi connectivity index (χ1) is 11.3. The van der Waals surface area contributed by atoms with E-state index in [-0.39, 0.29) is 17.4 Å². The summed E-state index contributed by atoms with van der Waals surface area (Å²) in [5, 5.41) is 0.120. The molecular weight excluding hydrogens is 373 g/mol. The van der Waals surface area contributed by atoms with Gasteiger partial charge in [-0.05, 0) is 35.4 Å². The molecule has 24 heavy (non-hydrogen) atoms. The largest absolute Gasteiger partial charge is 0.464 e. The Balaban J connectivity index is 2.12. The number of carbonyl (C=O) groups excluding carboxylic acids is 3. The molecule has 1 aromatic rings. The zero-order chi connectivity index (χ0) is 17.9. The smallest absolute Gasteiger partial charge is 0.326 e. The highest BCUT2D eigenvalue weighted by molar-refractivity contribution is 8.18. The van der Waals surface area contributed by atoms with E-state index in [1.807, 2.05) is 13.8 Å². The van der Waals surface area contributed by atoms with Gasteiger partial charge in [0.25, 0.3) is 11.1 Å². The van der Waals surface area contributed by atoms with Crippen LogP contribution in [0.5, 0.6) is 0 Å². The van der Waals surface area contributed by atoms with Crippen molar-refractivity contribution < 1.29 is 19.1 Å². The first-order valence-corrected chi connectivity index (χ1v) is 8.72. The summed E-state index contributed by atoms with van der Waals surface area (Å²) in [6.45, 7) is 3.62. The Labute approximate surface area is 153 Å². The molecule has 0 unspecified atom stereocenters. The molecule has 1 heterocycles. The molecular formula is C16H15Cl2NO4S. The van der Waals surface area contributed by atoms with Crippen molar-refractivity contribution in [3.05, 3.63) is 38.7 Å². The highest BCUT2D eigenvalue weighted by Gasteiger charge is 2.36. The molecule has 0 N–H and O–H groups in total. The van der Waals surface area contributed by atoms with Crippen molar-refractivity contribution in [2.45, 2.75) is 13.8 Å². The third-order valence-electron chi connectivity index (χ3n) is 3.01. The van der Waals surface area contributed by atoms with Crippen molar-refractivity contribution in [2.24, 2.45) is 5.92 Å². The summed E-state index contributed by atoms with van der Waals surface area (Å²) >= 11 is 12.8. The molecule has 5 nitrogen and oxygen atoms in total. The van der Waals surface area contributed by atoms with Crippen molar-refractivity contribution in [2.75, 3.05) is 13.2 Å². The molecule has 1 saturated heterocycles. The molecule has 1 aliphatic heterocycles. The van der Waals surface area contributed by atoms with Crippen LogP contribution in [0.15, 0.2) is 23.1 Å². The SMILES string of the molecule is CC(C)COC(=O)CN1C(=O)S/C(=C/c2cccc(Cl)c2Cl)C1=O. The molecule has 0 aromatic heterocycles. The van der Waals surface area contributed by atoms with Crippen LogP contribution in [0.4, 0.5) is 4.79 Å². The van der Waals surface area contributed by atoms with Crippen LogP contribution in [-0.2, 0) is 14.3 Å². The Morgan fingerprint density at radius 3 is 2.71 bits per heavy atom. The fraction of sp³-hybridized carbons (Fsp3) is 0.312. The predicted molar refractivity (Wildman–Crippen MR) is 94.9 cm³/mol. The Bertz CT molecular complexity index is 718. The Morgan fingerprint density at radius 1 is 1.33 bits per heavy atom. The molecule has 1 aliphatic rings. The van der Waals surface area contributed by atoms with Crippen molar-refractivity contribution in [3.8, 4) is 0 Å². The van der Waals surface area contributed by atoms with Gasteiger partial charge in [0.1, 0.15) is 6.54 Å². The first kappa shape index (κ1) is 18.8. The number of thioether (sulfide) groups is 1. The van der Waals surface area contributed by atoms with Gasteiger partial charge in [-0.3, -0.25) is 19.3 Å². The van der Waals surface area contributed by atoms with Crippen molar-refractivity contribution in [1.82, 2.24) is 4.90 Å². The quantitative estimate of drug-likeness (QED) is 0.558. The maximum absolute atomic E-state index is 12.3. The van der Waals surface area contributed by atoms with Gasteiger partial charge >= 0.3 is 5.97 Å². The van der Waals surface area contributed by atoms with Gasteiger partial charge in [0, 0.05) is 0 Å². The molecule has 0 atom stereocenters. The fourth-order valence-corrected chi connectivity index (χ4v) is 3.04. The standard InChI is InChI=1S/C16H15Cl2NO4S/c1-9(2)8-23-13(20)7-19-15(21)12(24-16(19)22)6-10-4-3-5-11(17)14(10)18/h3-6,9H,7-8H2,1-2H3/b12-6+. The van der Waals surface area contributed by atoms with Gasteiger partial charge in [-0.15, -0.1) is 0 Å². The fourth-order valence-electron chi connectivity index (χ4n) is 1.84. The summed E-state index contributed by atoms with van der Waals surface area (Å²) in [5.41, 5.74) is 0.525. The molecule has 128 valence electrons. The number of nitrogens with zero attached hydrogens (tertiary/aromatic N) is 1. The first-order valence-electron chi connectivity index (χ1n) is 7.14. The lowest BCUT2D eigenvalue weighted by Crippen LogP contribution is -2.34. The maximum Gasteiger partial charge on any atom is 0.326 e. The lowest BCUT2D eigenvalue weighted by molar-refractivity contribution is -0.147. The lowest BCUT2D eigenvalue weighted by Gasteiger charge is -2.12. The van der Waals surface area contributed by atoms with Crippen LogP contribution in [0.3, 0.4) is 0 Å². The molecule has 8 heteroatoms. The monoisotopic (exact) mass is 387 g/mol. The third-order valence-corrected chi connectivity index (χ3v) is 4.75. The summed E-state index contributed by atoms with van der Waals surface area (Å²) < 4.78 is 5.00. The van der Waals surface area contributed by atoms with Gasteiger partial charge < -0.3 is 4.74 Å². The van der Waals surface area contributed by atoms with Crippen LogP contribution < -0.4 is 0 Å². The van der Waals surface area contributed by atoms with Crippen LogP contribution in [0, 0.1) is 5.92 Å². The predicted octanol–water partition coefficient (Wildman–Crippen LogP) is 4.23. The van der Waals surface area contributed by atoms with Crippen molar-refractivity contribution in [1.29, 1.82) is 0 Å². The Morgan fingerprint density at radius 2 is 2.04 bits per heavy atom. The molecule has 1 aromatic carbocycles. The molecule has 0 aliphatic carbocycles. The summed E-state index contributed by atoms with van der Waals surface area (Å²) in [6.07, 6.45) is 1.48. The van der Waals surface area contributed by atoms with Gasteiger partial charge in [0.2, 0.25) is 0 Å². The number of hydrogen-bond donors (Lipinski definition) is 0. The zero-order valence-electron chi connectivity index (χ0n) is 13.0. The molecule has 0 saturated carbocycles. The highest BCUT2D eigenvalue weighted by Crippen LogP contribution is 2.34. The van der Waals surface area contributed by atoms with E-state index in [4.69, 9.17) is 27.9 Å². The number of rotatable bonds is 5. The highest BCUT2D eigenvalue weighted by atomic mass is 35.5. The number of hydrogen-bond acceptors (Lipinski definition) is 5. The van der Waals surface area contributed by atoms with Crippen molar-refractivity contribution >= 4 is 58.2 Å². The second kappa shape index (κ2) is 8.05. The third kappa shape index (κ3) is 4.53. The number of carbonyl (C=O) groups is 3. The van der Waals surface area contributed by atoms with E-state index < -0.39 is 23.7 Å². The van der Waals surface area contributed by atoms with Gasteiger partial charge in [-0.1, -0.05) is 49.2 Å². The molecule has 1 fully saturated rings. The maximum atomic E-state index is 12.3. The van der Waals surface area contributed by atoms with Crippen LogP contribution in [0.2, 0.25) is 10.0 Å². The average molecular weight is 388 g/mol. The van der Waals surface area contributed by atoms with Crippen LogP contribution in [0.1, 0.15) is 19.4 Å². The minimum absolute atomic E-state index is 0.175. The number of esters is 1. The van der Waals surface area contributed by atoms with E-state index in [2.05, 4.69) is 0 Å². The Kier molecular flexibility index (Phi) is 6.32. The van der Waals surface area contributed by atoms with E-state index in [0.717, 1.165) is 16.7 Å². The number of benzene rings is 1. The van der Waals surface area contributed by atoms with E-state index in [1.54, 1.807) is 18.2 Å². The van der Waals surface area contributed by atoms with E-state index in [1.165, 1.54) is 6.08 Å². The molecule has 2 rings (SSSR count). The van der Waals surface area contributed by atoms with Crippen LogP contribution in [0.25, 0.3) is 6.08 Å². The average Bonchev–Trinajstić information content (AvgIpc) is 2.77. The normalized spacial score (nSPS) is 16.4. The second-order valence-electron chi connectivity index (χ2n) is 5.49. The van der Waals surface area contributed by atoms with Gasteiger partial charge in [0.15, 0.2) is 0 Å². The number of amides is 2. The number of ether oxygens (including phenoxy) is 1. The minimum Gasteiger partial charge on any atom is -0.464 e. The summed E-state index contributed by atoms with van der Waals surface area (Å²) in [7, 11) is 0. The van der Waals surface area contributed by atoms with E-state index in [0.29, 0.717) is 15.6 Å². The Hall–Kier alpha value is -1.50. The lowest BCUT2D eigenvalue weighted by atomic mass is 10.2. The second-order valence-corrected chi connectivity index (χ2v) is 7.27. The van der Waals surface area contributed by atoms with E-state index >= 15 is 0 Å². The van der Waals surface area contributed by atoms with Gasteiger partial charge in [-0.2, -0.15) is 0 Å². The number of imide groups is 1. The van der Waals surface area contributed by atoms with E-state index in [9.17, 15) is 14.4 Å². The summed E-state index contributed by atoms with van der Waals surface area (Å²) in [6, 6.07) is 4.99.